The first-order chi connectivity index (χ1) is 13.4. The highest BCUT2D eigenvalue weighted by molar-refractivity contribution is 5.96. The Hall–Kier alpha value is -2.88. The van der Waals surface area contributed by atoms with E-state index in [9.17, 15) is 9.59 Å². The molecule has 0 bridgehead atoms. The molecule has 3 rings (SSSR count). The van der Waals surface area contributed by atoms with Crippen molar-refractivity contribution in [1.29, 1.82) is 0 Å². The van der Waals surface area contributed by atoms with E-state index < -0.39 is 0 Å². The second-order valence-corrected chi connectivity index (χ2v) is 7.59. The van der Waals surface area contributed by atoms with Gasteiger partial charge >= 0.3 is 5.97 Å². The molecule has 1 amide bonds. The van der Waals surface area contributed by atoms with Crippen molar-refractivity contribution < 1.29 is 14.3 Å². The summed E-state index contributed by atoms with van der Waals surface area (Å²) < 4.78 is 5.53. The van der Waals surface area contributed by atoms with Crippen molar-refractivity contribution >= 4 is 11.9 Å². The number of carbonyl (C=O) groups is 2. The molecule has 1 aliphatic rings. The van der Waals surface area contributed by atoms with Crippen molar-refractivity contribution in [2.45, 2.75) is 52.7 Å². The molecular formula is C24H27NO3. The van der Waals surface area contributed by atoms with Gasteiger partial charge in [0, 0.05) is 18.0 Å². The van der Waals surface area contributed by atoms with Crippen LogP contribution in [0.5, 0.6) is 0 Å². The van der Waals surface area contributed by atoms with Crippen LogP contribution in [0.15, 0.2) is 65.9 Å². The van der Waals surface area contributed by atoms with Crippen LogP contribution in [0.4, 0.5) is 0 Å². The maximum absolute atomic E-state index is 13.0. The van der Waals surface area contributed by atoms with Crippen LogP contribution in [0.3, 0.4) is 0 Å². The predicted molar refractivity (Wildman–Crippen MR) is 109 cm³/mol. The van der Waals surface area contributed by atoms with Crippen molar-refractivity contribution in [3.8, 4) is 0 Å². The number of nitrogens with zero attached hydrogens (tertiary/aromatic N) is 1. The lowest BCUT2D eigenvalue weighted by molar-refractivity contribution is -0.143. The summed E-state index contributed by atoms with van der Waals surface area (Å²) >= 11 is 0. The Balaban J connectivity index is 2.01. The van der Waals surface area contributed by atoms with Gasteiger partial charge in [0.25, 0.3) is 0 Å². The van der Waals surface area contributed by atoms with E-state index in [2.05, 4.69) is 0 Å². The topological polar surface area (TPSA) is 46.6 Å². The monoisotopic (exact) mass is 377 g/mol. The van der Waals surface area contributed by atoms with E-state index in [1.165, 1.54) is 5.56 Å². The largest absolute Gasteiger partial charge is 0.460 e. The zero-order valence-electron chi connectivity index (χ0n) is 16.9. The smallest absolute Gasteiger partial charge is 0.336 e. The number of hydrogen-bond acceptors (Lipinski definition) is 3. The van der Waals surface area contributed by atoms with Crippen molar-refractivity contribution in [2.75, 3.05) is 0 Å². The zero-order chi connectivity index (χ0) is 20.3. The highest BCUT2D eigenvalue weighted by Gasteiger charge is 2.37. The molecule has 4 heteroatoms. The fourth-order valence-electron chi connectivity index (χ4n) is 3.59. The number of rotatable bonds is 5. The van der Waals surface area contributed by atoms with Gasteiger partial charge < -0.3 is 9.64 Å². The van der Waals surface area contributed by atoms with Gasteiger partial charge in [0.1, 0.15) is 0 Å². The molecule has 1 heterocycles. The third-order valence-corrected chi connectivity index (χ3v) is 5.05. The Bertz CT molecular complexity index is 882. The maximum atomic E-state index is 13.0. The number of hydrogen-bond donors (Lipinski definition) is 0. The van der Waals surface area contributed by atoms with Crippen molar-refractivity contribution in [2.24, 2.45) is 0 Å². The number of carbonyl (C=O) groups excluding carboxylic acids is 2. The molecule has 28 heavy (non-hydrogen) atoms. The molecule has 0 radical (unpaired) electrons. The Labute approximate surface area is 166 Å². The third kappa shape index (κ3) is 4.33. The van der Waals surface area contributed by atoms with E-state index in [-0.39, 0.29) is 30.3 Å². The van der Waals surface area contributed by atoms with E-state index in [0.29, 0.717) is 17.8 Å². The van der Waals surface area contributed by atoms with Gasteiger partial charge in [-0.15, -0.1) is 0 Å². The number of allylic oxidation sites excluding steroid dienone is 1. The predicted octanol–water partition coefficient (Wildman–Crippen LogP) is 4.74. The zero-order valence-corrected chi connectivity index (χ0v) is 16.9. The number of ether oxygens (including phenoxy) is 1. The van der Waals surface area contributed by atoms with Gasteiger partial charge in [0.2, 0.25) is 5.91 Å². The van der Waals surface area contributed by atoms with Crippen LogP contribution in [-0.2, 0) is 20.9 Å². The van der Waals surface area contributed by atoms with Crippen LogP contribution in [0.1, 0.15) is 49.8 Å². The fourth-order valence-corrected chi connectivity index (χ4v) is 3.59. The van der Waals surface area contributed by atoms with Crippen LogP contribution in [0.25, 0.3) is 0 Å². The quantitative estimate of drug-likeness (QED) is 0.707. The summed E-state index contributed by atoms with van der Waals surface area (Å²) in [5, 5.41) is 0. The average molecular weight is 377 g/mol. The fraction of sp³-hybridized carbons (Fsp3) is 0.333. The first-order valence-electron chi connectivity index (χ1n) is 9.69. The molecule has 0 saturated heterocycles. The van der Waals surface area contributed by atoms with Crippen molar-refractivity contribution in [1.82, 2.24) is 4.90 Å². The molecule has 1 unspecified atom stereocenters. The minimum atomic E-state index is -0.345. The van der Waals surface area contributed by atoms with Crippen molar-refractivity contribution in [3.63, 3.8) is 0 Å². The first kappa shape index (κ1) is 19.9. The standard InChI is InChI=1S/C24H27NO3/c1-16(2)28-24(27)23-18(4)25(15-19-12-10-17(3)11-13-19)22(26)14-21(23)20-8-6-5-7-9-20/h5-13,16,21H,14-15H2,1-4H3. The summed E-state index contributed by atoms with van der Waals surface area (Å²) in [6.07, 6.45) is 0.0443. The van der Waals surface area contributed by atoms with Gasteiger partial charge in [-0.3, -0.25) is 4.79 Å². The first-order valence-corrected chi connectivity index (χ1v) is 9.69. The minimum Gasteiger partial charge on any atom is -0.460 e. The summed E-state index contributed by atoms with van der Waals surface area (Å²) in [7, 11) is 0. The van der Waals surface area contributed by atoms with E-state index in [4.69, 9.17) is 4.74 Å². The second kappa shape index (κ2) is 8.42. The van der Waals surface area contributed by atoms with Gasteiger partial charge in [-0.25, -0.2) is 4.79 Å². The molecule has 0 N–H and O–H groups in total. The second-order valence-electron chi connectivity index (χ2n) is 7.59. The molecule has 0 saturated carbocycles. The minimum absolute atomic E-state index is 0.0213. The molecule has 0 aromatic heterocycles. The number of aryl methyl sites for hydroxylation is 1. The molecule has 2 aromatic rings. The van der Waals surface area contributed by atoms with Crippen LogP contribution in [0.2, 0.25) is 0 Å². The van der Waals surface area contributed by atoms with E-state index in [1.807, 2.05) is 82.3 Å². The summed E-state index contributed by atoms with van der Waals surface area (Å²) in [5.74, 6) is -0.606. The van der Waals surface area contributed by atoms with Crippen LogP contribution >= 0.6 is 0 Å². The van der Waals surface area contributed by atoms with Gasteiger partial charge in [0.15, 0.2) is 0 Å². The number of benzene rings is 2. The van der Waals surface area contributed by atoms with E-state index in [1.54, 1.807) is 4.90 Å². The number of esters is 1. The molecule has 0 fully saturated rings. The summed E-state index contributed by atoms with van der Waals surface area (Å²) in [4.78, 5) is 27.6. The Morgan fingerprint density at radius 3 is 2.32 bits per heavy atom. The Morgan fingerprint density at radius 1 is 1.07 bits per heavy atom. The normalized spacial score (nSPS) is 17.2. The molecule has 4 nitrogen and oxygen atoms in total. The Morgan fingerprint density at radius 2 is 1.71 bits per heavy atom. The molecular weight excluding hydrogens is 350 g/mol. The molecule has 1 aliphatic heterocycles. The van der Waals surface area contributed by atoms with E-state index >= 15 is 0 Å². The third-order valence-electron chi connectivity index (χ3n) is 5.05. The molecule has 0 aliphatic carbocycles. The molecule has 2 aromatic carbocycles. The van der Waals surface area contributed by atoms with Crippen molar-refractivity contribution in [3.05, 3.63) is 82.6 Å². The van der Waals surface area contributed by atoms with Gasteiger partial charge in [-0.05, 0) is 38.8 Å². The molecule has 0 spiro atoms. The Kier molecular flexibility index (Phi) is 5.98. The summed E-state index contributed by atoms with van der Waals surface area (Å²) in [6, 6.07) is 17.8. The SMILES string of the molecule is CC1=C(C(=O)OC(C)C)C(c2ccccc2)CC(=O)N1Cc1ccc(C)cc1. The summed E-state index contributed by atoms with van der Waals surface area (Å²) in [6.45, 7) is 8.00. The highest BCUT2D eigenvalue weighted by Crippen LogP contribution is 2.37. The lowest BCUT2D eigenvalue weighted by Gasteiger charge is -2.34. The summed E-state index contributed by atoms with van der Waals surface area (Å²) in [5.41, 5.74) is 4.42. The van der Waals surface area contributed by atoms with E-state index in [0.717, 1.165) is 11.1 Å². The van der Waals surface area contributed by atoms with Crippen LogP contribution in [0, 0.1) is 6.92 Å². The number of amides is 1. The lowest BCUT2D eigenvalue weighted by atomic mass is 9.83. The molecule has 1 atom stereocenters. The van der Waals surface area contributed by atoms with Gasteiger partial charge in [0.05, 0.1) is 18.2 Å². The van der Waals surface area contributed by atoms with Crippen LogP contribution in [-0.4, -0.2) is 22.9 Å². The van der Waals surface area contributed by atoms with Crippen LogP contribution < -0.4 is 0 Å². The average Bonchev–Trinajstić information content (AvgIpc) is 2.66. The highest BCUT2D eigenvalue weighted by atomic mass is 16.5. The van der Waals surface area contributed by atoms with Gasteiger partial charge in [-0.2, -0.15) is 0 Å². The van der Waals surface area contributed by atoms with Gasteiger partial charge in [-0.1, -0.05) is 60.2 Å². The lowest BCUT2D eigenvalue weighted by Crippen LogP contribution is -2.38. The molecule has 146 valence electrons. The maximum Gasteiger partial charge on any atom is 0.336 e.